The molecule has 1 atom stereocenters. The van der Waals surface area contributed by atoms with Gasteiger partial charge in [0.1, 0.15) is 25.0 Å². The lowest BCUT2D eigenvalue weighted by atomic mass is 10.0. The first-order valence-corrected chi connectivity index (χ1v) is 7.18. The lowest BCUT2D eigenvalue weighted by Crippen LogP contribution is -2.39. The Morgan fingerprint density at radius 2 is 2.27 bits per heavy atom. The van der Waals surface area contributed by atoms with E-state index in [0.717, 1.165) is 0 Å². The number of anilines is 1. The van der Waals surface area contributed by atoms with Crippen LogP contribution in [0, 0.1) is 5.92 Å². The summed E-state index contributed by atoms with van der Waals surface area (Å²) in [5, 5.41) is 6.79. The third-order valence-corrected chi connectivity index (χ3v) is 3.18. The number of hydrogen-bond donors (Lipinski definition) is 2. The zero-order valence-corrected chi connectivity index (χ0v) is 12.8. The van der Waals surface area contributed by atoms with Crippen molar-refractivity contribution in [3.05, 3.63) is 36.9 Å². The Kier molecular flexibility index (Phi) is 5.48. The Morgan fingerprint density at radius 3 is 2.95 bits per heavy atom. The zero-order chi connectivity index (χ0) is 15.9. The van der Waals surface area contributed by atoms with Crippen LogP contribution in [0.2, 0.25) is 0 Å². The normalized spacial score (nSPS) is 12.2. The standard InChI is InChI=1S/C15H21N5O2/c1-11(2)14(16)15(21)19-12-4-3-5-13(8-12)22-7-6-20-10-17-9-18-20/h3-5,8-11,14H,6-7,16H2,1-2H3,(H,19,21)/t14-/m0/s1. The Bertz CT molecular complexity index is 598. The van der Waals surface area contributed by atoms with Crippen LogP contribution in [0.1, 0.15) is 13.8 Å². The van der Waals surface area contributed by atoms with Gasteiger partial charge in [0.15, 0.2) is 0 Å². The van der Waals surface area contributed by atoms with Gasteiger partial charge in [0.2, 0.25) is 5.91 Å². The van der Waals surface area contributed by atoms with Gasteiger partial charge in [-0.25, -0.2) is 9.67 Å². The van der Waals surface area contributed by atoms with Gasteiger partial charge in [-0.1, -0.05) is 19.9 Å². The Morgan fingerprint density at radius 1 is 1.45 bits per heavy atom. The van der Waals surface area contributed by atoms with Gasteiger partial charge in [-0.3, -0.25) is 4.79 Å². The van der Waals surface area contributed by atoms with Crippen molar-refractivity contribution < 1.29 is 9.53 Å². The number of aromatic nitrogens is 3. The maximum atomic E-state index is 11.9. The molecule has 0 unspecified atom stereocenters. The molecule has 1 aromatic heterocycles. The minimum absolute atomic E-state index is 0.0853. The van der Waals surface area contributed by atoms with Crippen LogP contribution in [-0.4, -0.2) is 33.3 Å². The van der Waals surface area contributed by atoms with Crippen molar-refractivity contribution in [1.82, 2.24) is 14.8 Å². The molecule has 0 spiro atoms. The third kappa shape index (κ3) is 4.56. The summed E-state index contributed by atoms with van der Waals surface area (Å²) in [6.07, 6.45) is 3.11. The van der Waals surface area contributed by atoms with Crippen molar-refractivity contribution in [2.45, 2.75) is 26.4 Å². The number of amides is 1. The molecule has 1 heterocycles. The fraction of sp³-hybridized carbons (Fsp3) is 0.400. The summed E-state index contributed by atoms with van der Waals surface area (Å²) in [5.74, 6) is 0.563. The van der Waals surface area contributed by atoms with E-state index >= 15 is 0 Å². The molecule has 0 fully saturated rings. The maximum absolute atomic E-state index is 11.9. The zero-order valence-electron chi connectivity index (χ0n) is 12.8. The van der Waals surface area contributed by atoms with Crippen LogP contribution in [0.5, 0.6) is 5.75 Å². The van der Waals surface area contributed by atoms with Crippen LogP contribution >= 0.6 is 0 Å². The number of carbonyl (C=O) groups excluding carboxylic acids is 1. The van der Waals surface area contributed by atoms with E-state index in [0.29, 0.717) is 24.6 Å². The van der Waals surface area contributed by atoms with E-state index in [1.807, 2.05) is 26.0 Å². The number of nitrogens with two attached hydrogens (primary N) is 1. The summed E-state index contributed by atoms with van der Waals surface area (Å²) in [4.78, 5) is 15.8. The molecular weight excluding hydrogens is 282 g/mol. The van der Waals surface area contributed by atoms with Crippen LogP contribution < -0.4 is 15.8 Å². The van der Waals surface area contributed by atoms with E-state index < -0.39 is 6.04 Å². The highest BCUT2D eigenvalue weighted by molar-refractivity contribution is 5.94. The molecule has 22 heavy (non-hydrogen) atoms. The lowest BCUT2D eigenvalue weighted by Gasteiger charge is -2.15. The van der Waals surface area contributed by atoms with E-state index in [4.69, 9.17) is 10.5 Å². The molecule has 0 aliphatic carbocycles. The van der Waals surface area contributed by atoms with Gasteiger partial charge >= 0.3 is 0 Å². The van der Waals surface area contributed by atoms with Gasteiger partial charge in [0.05, 0.1) is 12.6 Å². The van der Waals surface area contributed by atoms with Gasteiger partial charge in [0.25, 0.3) is 0 Å². The van der Waals surface area contributed by atoms with E-state index in [1.54, 1.807) is 23.1 Å². The molecule has 2 aromatic rings. The van der Waals surface area contributed by atoms with Crippen molar-refractivity contribution in [2.24, 2.45) is 11.7 Å². The predicted molar refractivity (Wildman–Crippen MR) is 83.4 cm³/mol. The predicted octanol–water partition coefficient (Wildman–Crippen LogP) is 1.28. The second kappa shape index (κ2) is 7.56. The Labute approximate surface area is 129 Å². The van der Waals surface area contributed by atoms with E-state index in [2.05, 4.69) is 15.4 Å². The number of hydrogen-bond acceptors (Lipinski definition) is 5. The van der Waals surface area contributed by atoms with Gasteiger partial charge in [-0.2, -0.15) is 5.10 Å². The minimum Gasteiger partial charge on any atom is -0.492 e. The summed E-state index contributed by atoms with van der Waals surface area (Å²) in [6.45, 7) is 4.89. The molecule has 1 aromatic carbocycles. The first-order valence-electron chi connectivity index (χ1n) is 7.18. The lowest BCUT2D eigenvalue weighted by molar-refractivity contribution is -0.118. The molecule has 3 N–H and O–H groups in total. The first kappa shape index (κ1) is 16.0. The Hall–Kier alpha value is -2.41. The molecule has 7 heteroatoms. The monoisotopic (exact) mass is 303 g/mol. The largest absolute Gasteiger partial charge is 0.492 e. The van der Waals surface area contributed by atoms with Crippen molar-refractivity contribution in [2.75, 3.05) is 11.9 Å². The molecule has 2 rings (SSSR count). The van der Waals surface area contributed by atoms with Crippen LogP contribution in [0.25, 0.3) is 0 Å². The Balaban J connectivity index is 1.88. The summed E-state index contributed by atoms with van der Waals surface area (Å²) >= 11 is 0. The number of rotatable bonds is 7. The number of nitrogens with one attached hydrogen (secondary N) is 1. The van der Waals surface area contributed by atoms with Crippen molar-refractivity contribution in [1.29, 1.82) is 0 Å². The summed E-state index contributed by atoms with van der Waals surface area (Å²) < 4.78 is 7.33. The molecule has 7 nitrogen and oxygen atoms in total. The van der Waals surface area contributed by atoms with Gasteiger partial charge in [-0.15, -0.1) is 0 Å². The maximum Gasteiger partial charge on any atom is 0.241 e. The number of nitrogens with zero attached hydrogens (tertiary/aromatic N) is 3. The van der Waals surface area contributed by atoms with E-state index in [1.165, 1.54) is 6.33 Å². The second-order valence-corrected chi connectivity index (χ2v) is 5.29. The van der Waals surface area contributed by atoms with Crippen molar-refractivity contribution in [3.8, 4) is 5.75 Å². The van der Waals surface area contributed by atoms with Crippen LogP contribution in [0.3, 0.4) is 0 Å². The van der Waals surface area contributed by atoms with Crippen LogP contribution in [0.4, 0.5) is 5.69 Å². The molecule has 0 aliphatic rings. The fourth-order valence-corrected chi connectivity index (χ4v) is 1.80. The number of ether oxygens (including phenoxy) is 1. The fourth-order valence-electron chi connectivity index (χ4n) is 1.80. The van der Waals surface area contributed by atoms with E-state index in [-0.39, 0.29) is 11.8 Å². The first-order chi connectivity index (χ1) is 10.6. The number of carbonyl (C=O) groups is 1. The quantitative estimate of drug-likeness (QED) is 0.803. The third-order valence-electron chi connectivity index (χ3n) is 3.18. The van der Waals surface area contributed by atoms with E-state index in [9.17, 15) is 4.79 Å². The molecular formula is C15H21N5O2. The summed E-state index contributed by atoms with van der Waals surface area (Å²) in [6, 6.07) is 6.69. The number of benzene rings is 1. The van der Waals surface area contributed by atoms with Gasteiger partial charge < -0.3 is 15.8 Å². The molecule has 0 saturated carbocycles. The molecule has 0 radical (unpaired) electrons. The summed E-state index contributed by atoms with van der Waals surface area (Å²) in [5.41, 5.74) is 6.49. The highest BCUT2D eigenvalue weighted by Crippen LogP contribution is 2.18. The van der Waals surface area contributed by atoms with Gasteiger partial charge in [0, 0.05) is 11.8 Å². The molecule has 0 bridgehead atoms. The highest BCUT2D eigenvalue weighted by Gasteiger charge is 2.17. The smallest absolute Gasteiger partial charge is 0.241 e. The van der Waals surface area contributed by atoms with Crippen molar-refractivity contribution in [3.63, 3.8) is 0 Å². The average molecular weight is 303 g/mol. The van der Waals surface area contributed by atoms with Crippen LogP contribution in [-0.2, 0) is 11.3 Å². The minimum atomic E-state index is -0.531. The summed E-state index contributed by atoms with van der Waals surface area (Å²) in [7, 11) is 0. The van der Waals surface area contributed by atoms with Gasteiger partial charge in [-0.05, 0) is 18.1 Å². The topological polar surface area (TPSA) is 95.1 Å². The second-order valence-electron chi connectivity index (χ2n) is 5.29. The highest BCUT2D eigenvalue weighted by atomic mass is 16.5. The molecule has 0 aliphatic heterocycles. The molecule has 118 valence electrons. The average Bonchev–Trinajstić information content (AvgIpc) is 3.00. The SMILES string of the molecule is CC(C)[C@H](N)C(=O)Nc1cccc(OCCn2cncn2)c1. The van der Waals surface area contributed by atoms with Crippen LogP contribution in [0.15, 0.2) is 36.9 Å². The van der Waals surface area contributed by atoms with Crippen molar-refractivity contribution >= 4 is 11.6 Å². The molecule has 0 saturated heterocycles. The molecule has 1 amide bonds.